The molecule has 2 aliphatic carbocycles. The lowest BCUT2D eigenvalue weighted by Gasteiger charge is -2.42. The van der Waals surface area contributed by atoms with Gasteiger partial charge in [0.1, 0.15) is 4.88 Å². The number of anilines is 1. The quantitative estimate of drug-likeness (QED) is 0.332. The molecule has 1 aliphatic heterocycles. The first-order valence-corrected chi connectivity index (χ1v) is 15.0. The van der Waals surface area contributed by atoms with Crippen molar-refractivity contribution < 1.29 is 29.3 Å². The summed E-state index contributed by atoms with van der Waals surface area (Å²) in [7, 11) is 0. The Balaban J connectivity index is 1.62. The highest BCUT2D eigenvalue weighted by molar-refractivity contribution is 7.15. The number of aliphatic hydroxyl groups is 1. The van der Waals surface area contributed by atoms with E-state index in [-0.39, 0.29) is 46.8 Å². The number of ether oxygens (including phenoxy) is 2. The van der Waals surface area contributed by atoms with Crippen molar-refractivity contribution in [1.82, 2.24) is 0 Å². The molecule has 1 amide bonds. The molecule has 0 radical (unpaired) electrons. The number of hydrogen-bond acceptors (Lipinski definition) is 6. The minimum atomic E-state index is -1.05. The van der Waals surface area contributed by atoms with Gasteiger partial charge in [0.2, 0.25) is 5.91 Å². The Morgan fingerprint density at radius 3 is 2.56 bits per heavy atom. The number of carboxylic acid groups (broad SMARTS) is 1. The summed E-state index contributed by atoms with van der Waals surface area (Å²) < 4.78 is 11.3. The molecule has 1 aromatic rings. The Morgan fingerprint density at radius 1 is 1.26 bits per heavy atom. The van der Waals surface area contributed by atoms with Gasteiger partial charge in [-0.2, -0.15) is 0 Å². The van der Waals surface area contributed by atoms with E-state index in [0.717, 1.165) is 24.2 Å². The number of aromatic carboxylic acids is 1. The van der Waals surface area contributed by atoms with E-state index in [0.29, 0.717) is 55.9 Å². The largest absolute Gasteiger partial charge is 0.477 e. The van der Waals surface area contributed by atoms with Crippen LogP contribution < -0.4 is 4.90 Å². The van der Waals surface area contributed by atoms with Gasteiger partial charge in [0, 0.05) is 24.0 Å². The zero-order valence-electron chi connectivity index (χ0n) is 23.9. The number of rotatable bonds is 7. The van der Waals surface area contributed by atoms with Gasteiger partial charge in [-0.15, -0.1) is 11.3 Å². The second-order valence-corrected chi connectivity index (χ2v) is 13.7. The smallest absolute Gasteiger partial charge is 0.348 e. The predicted molar refractivity (Wildman–Crippen MR) is 153 cm³/mol. The number of carbonyl (C=O) groups is 2. The van der Waals surface area contributed by atoms with Crippen LogP contribution in [-0.4, -0.2) is 59.7 Å². The summed E-state index contributed by atoms with van der Waals surface area (Å²) in [5.41, 5.74) is 0.531. The average Bonchev–Trinajstić information content (AvgIpc) is 3.53. The fourth-order valence-corrected chi connectivity index (χ4v) is 6.64. The van der Waals surface area contributed by atoms with E-state index in [9.17, 15) is 19.8 Å². The standard InChI is InChI=1S/C31H43NO6S/c1-20-6-7-25(21(2)16-20)28(33)32(26-17-24(10-12-30(3,4)5)39-27(26)29(34)35)22-8-13-31(36,14-9-22)19-38-23-11-15-37-18-23/h6,17,21-23,25,36H,7-9,11,13-16,18-19H2,1-5H3,(H,34,35)/t21-,22-,23-,25?,31+/m1/s1. The molecule has 39 heavy (non-hydrogen) atoms. The number of thiophene rings is 1. The zero-order valence-corrected chi connectivity index (χ0v) is 24.7. The monoisotopic (exact) mass is 557 g/mol. The summed E-state index contributed by atoms with van der Waals surface area (Å²) in [5.74, 6) is 5.19. The molecule has 1 aromatic heterocycles. The van der Waals surface area contributed by atoms with Gasteiger partial charge in [-0.1, -0.05) is 30.4 Å². The highest BCUT2D eigenvalue weighted by Crippen LogP contribution is 2.41. The van der Waals surface area contributed by atoms with Crippen molar-refractivity contribution in [2.75, 3.05) is 24.7 Å². The van der Waals surface area contributed by atoms with Crippen LogP contribution in [0.1, 0.15) is 94.1 Å². The summed E-state index contributed by atoms with van der Waals surface area (Å²) in [6.07, 6.45) is 6.61. The number of nitrogens with zero attached hydrogens (tertiary/aromatic N) is 1. The van der Waals surface area contributed by atoms with Crippen LogP contribution >= 0.6 is 11.3 Å². The average molecular weight is 558 g/mol. The van der Waals surface area contributed by atoms with Crippen LogP contribution in [0.4, 0.5) is 5.69 Å². The van der Waals surface area contributed by atoms with Crippen LogP contribution in [-0.2, 0) is 14.3 Å². The first-order chi connectivity index (χ1) is 18.3. The van der Waals surface area contributed by atoms with Gasteiger partial charge in [0.25, 0.3) is 0 Å². The fraction of sp³-hybridized carbons (Fsp3) is 0.677. The topological polar surface area (TPSA) is 96.3 Å². The molecule has 0 spiro atoms. The molecular weight excluding hydrogens is 514 g/mol. The summed E-state index contributed by atoms with van der Waals surface area (Å²) in [6.45, 7) is 11.7. The van der Waals surface area contributed by atoms with Crippen molar-refractivity contribution in [2.24, 2.45) is 17.3 Å². The van der Waals surface area contributed by atoms with Crippen molar-refractivity contribution >= 4 is 28.9 Å². The maximum Gasteiger partial charge on any atom is 0.348 e. The van der Waals surface area contributed by atoms with Crippen LogP contribution in [0.3, 0.4) is 0 Å². The van der Waals surface area contributed by atoms with E-state index in [2.05, 4.69) is 31.8 Å². The third kappa shape index (κ3) is 7.52. The first-order valence-electron chi connectivity index (χ1n) is 14.2. The molecule has 1 saturated carbocycles. The molecular formula is C31H43NO6S. The summed E-state index contributed by atoms with van der Waals surface area (Å²) in [5, 5.41) is 21.4. The lowest BCUT2D eigenvalue weighted by Crippen LogP contribution is -2.51. The first kappa shape index (κ1) is 29.8. The second-order valence-electron chi connectivity index (χ2n) is 12.7. The third-order valence-electron chi connectivity index (χ3n) is 8.06. The minimum absolute atomic E-state index is 0.0192. The molecule has 2 heterocycles. The van der Waals surface area contributed by atoms with Crippen LogP contribution in [0.5, 0.6) is 0 Å². The number of carboxylic acids is 1. The van der Waals surface area contributed by atoms with E-state index >= 15 is 0 Å². The molecule has 1 unspecified atom stereocenters. The lowest BCUT2D eigenvalue weighted by atomic mass is 9.78. The van der Waals surface area contributed by atoms with E-state index in [1.807, 2.05) is 20.8 Å². The Bertz CT molecular complexity index is 1140. The van der Waals surface area contributed by atoms with Crippen LogP contribution in [0.2, 0.25) is 0 Å². The highest BCUT2D eigenvalue weighted by atomic mass is 32.1. The van der Waals surface area contributed by atoms with E-state index in [1.54, 1.807) is 11.0 Å². The van der Waals surface area contributed by atoms with Gasteiger partial charge in [0.15, 0.2) is 0 Å². The molecule has 3 atom stereocenters. The molecule has 0 bridgehead atoms. The molecule has 3 aliphatic rings. The van der Waals surface area contributed by atoms with Crippen molar-refractivity contribution in [3.8, 4) is 11.8 Å². The predicted octanol–water partition coefficient (Wildman–Crippen LogP) is 5.65. The molecule has 2 N–H and O–H groups in total. The fourth-order valence-electron chi connectivity index (χ4n) is 5.80. The molecule has 2 fully saturated rings. The third-order valence-corrected chi connectivity index (χ3v) is 9.09. The molecule has 1 saturated heterocycles. The molecule has 4 rings (SSSR count). The van der Waals surface area contributed by atoms with Crippen molar-refractivity contribution in [1.29, 1.82) is 0 Å². The van der Waals surface area contributed by atoms with Gasteiger partial charge < -0.3 is 24.6 Å². The van der Waals surface area contributed by atoms with Crippen molar-refractivity contribution in [2.45, 2.75) is 97.3 Å². The number of allylic oxidation sites excluding steroid dienone is 2. The summed E-state index contributed by atoms with van der Waals surface area (Å²) in [4.78, 5) is 29.2. The van der Waals surface area contributed by atoms with Gasteiger partial charge in [-0.3, -0.25) is 4.79 Å². The van der Waals surface area contributed by atoms with Gasteiger partial charge in [0.05, 0.1) is 35.5 Å². The molecule has 0 aromatic carbocycles. The summed E-state index contributed by atoms with van der Waals surface area (Å²) >= 11 is 1.13. The van der Waals surface area contributed by atoms with E-state index < -0.39 is 11.6 Å². The molecule has 8 heteroatoms. The van der Waals surface area contributed by atoms with Gasteiger partial charge in [-0.05, 0) is 84.6 Å². The van der Waals surface area contributed by atoms with Crippen molar-refractivity contribution in [3.63, 3.8) is 0 Å². The Kier molecular flexibility index (Phi) is 9.27. The maximum absolute atomic E-state index is 14.2. The van der Waals surface area contributed by atoms with E-state index in [1.165, 1.54) is 5.57 Å². The highest BCUT2D eigenvalue weighted by Gasteiger charge is 2.42. The Morgan fingerprint density at radius 2 is 1.97 bits per heavy atom. The molecule has 214 valence electrons. The minimum Gasteiger partial charge on any atom is -0.477 e. The van der Waals surface area contributed by atoms with Crippen LogP contribution in [0, 0.1) is 29.1 Å². The van der Waals surface area contributed by atoms with Crippen molar-refractivity contribution in [3.05, 3.63) is 27.5 Å². The maximum atomic E-state index is 14.2. The Hall–Kier alpha value is -2.18. The number of amides is 1. The van der Waals surface area contributed by atoms with Gasteiger partial charge in [-0.25, -0.2) is 4.79 Å². The van der Waals surface area contributed by atoms with E-state index in [4.69, 9.17) is 9.47 Å². The van der Waals surface area contributed by atoms with Crippen LogP contribution in [0.15, 0.2) is 17.7 Å². The molecule has 7 nitrogen and oxygen atoms in total. The normalized spacial score (nSPS) is 29.3. The SMILES string of the molecule is CC1=CCC(C(=O)N(c2cc(C#CC(C)(C)C)sc2C(=O)O)[C@H]2CC[C@](O)(CO[C@@H]3CCOC3)CC2)[C@H](C)C1. The zero-order chi connectivity index (χ0) is 28.4. The lowest BCUT2D eigenvalue weighted by molar-refractivity contribution is -0.125. The number of hydrogen-bond donors (Lipinski definition) is 2. The Labute approximate surface area is 236 Å². The summed E-state index contributed by atoms with van der Waals surface area (Å²) in [6, 6.07) is 1.58. The van der Waals surface area contributed by atoms with Gasteiger partial charge >= 0.3 is 5.97 Å². The number of carbonyl (C=O) groups excluding carboxylic acids is 1. The van der Waals surface area contributed by atoms with Crippen LogP contribution in [0.25, 0.3) is 0 Å². The second kappa shape index (κ2) is 12.1.